The van der Waals surface area contributed by atoms with Gasteiger partial charge in [0.1, 0.15) is 34.1 Å². The summed E-state index contributed by atoms with van der Waals surface area (Å²) in [6.07, 6.45) is 7.33. The maximum atomic E-state index is 14.8. The van der Waals surface area contributed by atoms with Gasteiger partial charge >= 0.3 is 0 Å². The molecule has 2 saturated heterocycles. The minimum Gasteiger partial charge on any atom is -0.490 e. The van der Waals surface area contributed by atoms with Crippen molar-refractivity contribution in [3.05, 3.63) is 66.2 Å². The summed E-state index contributed by atoms with van der Waals surface area (Å²) in [6, 6.07) is 12.7. The molecule has 35 heavy (non-hydrogen) atoms. The van der Waals surface area contributed by atoms with Gasteiger partial charge in [-0.1, -0.05) is 24.0 Å². The van der Waals surface area contributed by atoms with Gasteiger partial charge in [-0.25, -0.2) is 4.39 Å². The van der Waals surface area contributed by atoms with Crippen molar-refractivity contribution in [3.63, 3.8) is 0 Å². The first kappa shape index (κ1) is 24.4. The first-order valence-electron chi connectivity index (χ1n) is 11.7. The van der Waals surface area contributed by atoms with Crippen molar-refractivity contribution >= 4 is 23.5 Å². The minimum absolute atomic E-state index is 0.0819. The van der Waals surface area contributed by atoms with Gasteiger partial charge in [0, 0.05) is 42.4 Å². The van der Waals surface area contributed by atoms with Gasteiger partial charge in [0.2, 0.25) is 0 Å². The zero-order valence-corrected chi connectivity index (χ0v) is 21.4. The van der Waals surface area contributed by atoms with E-state index in [-0.39, 0.29) is 28.7 Å². The Morgan fingerprint density at radius 2 is 2.00 bits per heavy atom. The van der Waals surface area contributed by atoms with Crippen molar-refractivity contribution < 1.29 is 19.0 Å². The monoisotopic (exact) mass is 512 g/mol. The number of benzene rings is 2. The van der Waals surface area contributed by atoms with Crippen LogP contribution in [0.25, 0.3) is 11.1 Å². The van der Waals surface area contributed by atoms with Gasteiger partial charge in [0.25, 0.3) is 0 Å². The third kappa shape index (κ3) is 5.59. The summed E-state index contributed by atoms with van der Waals surface area (Å²) >= 11 is 3.19. The molecule has 0 aromatic heterocycles. The fourth-order valence-corrected chi connectivity index (χ4v) is 5.57. The van der Waals surface area contributed by atoms with E-state index in [1.54, 1.807) is 17.8 Å². The van der Waals surface area contributed by atoms with E-state index in [4.69, 9.17) is 9.47 Å². The van der Waals surface area contributed by atoms with Crippen LogP contribution in [0.4, 0.5) is 4.39 Å². The van der Waals surface area contributed by atoms with Crippen molar-refractivity contribution in [1.29, 1.82) is 0 Å². The second-order valence-electron chi connectivity index (χ2n) is 8.96. The van der Waals surface area contributed by atoms with E-state index < -0.39 is 4.93 Å². The van der Waals surface area contributed by atoms with Gasteiger partial charge in [0.15, 0.2) is 0 Å². The molecule has 0 radical (unpaired) electrons. The molecule has 2 aromatic carbocycles. The third-order valence-electron chi connectivity index (χ3n) is 6.45. The summed E-state index contributed by atoms with van der Waals surface area (Å²) in [7, 11) is 0. The van der Waals surface area contributed by atoms with Gasteiger partial charge in [-0.05, 0) is 43.0 Å². The number of rotatable bonds is 6. The highest BCUT2D eigenvalue weighted by Gasteiger charge is 2.49. The summed E-state index contributed by atoms with van der Waals surface area (Å²) in [6.45, 7) is 3.20. The topological polar surface area (TPSA) is 54.0 Å². The molecule has 5 rings (SSSR count). The first-order valence-corrected chi connectivity index (χ1v) is 13.9. The lowest BCUT2D eigenvalue weighted by Gasteiger charge is -2.35. The molecule has 4 unspecified atom stereocenters. The maximum Gasteiger partial charge on any atom is 0.146 e. The van der Waals surface area contributed by atoms with E-state index in [0.29, 0.717) is 24.5 Å². The molecule has 184 valence electrons. The largest absolute Gasteiger partial charge is 0.490 e. The molecular weight excluding hydrogens is 483 g/mol. The predicted molar refractivity (Wildman–Crippen MR) is 140 cm³/mol. The number of ether oxygens (including phenoxy) is 2. The molecule has 2 N–H and O–H groups in total. The van der Waals surface area contributed by atoms with E-state index in [1.165, 1.54) is 17.8 Å². The lowest BCUT2D eigenvalue weighted by molar-refractivity contribution is 0.0255. The number of halogens is 1. The quantitative estimate of drug-likeness (QED) is 0.333. The molecule has 0 amide bonds. The molecule has 0 saturated carbocycles. The minimum atomic E-state index is -0.898. The Kier molecular flexibility index (Phi) is 7.21. The number of nitrogens with zero attached hydrogens (tertiary/aromatic N) is 1. The van der Waals surface area contributed by atoms with Crippen molar-refractivity contribution in [3.8, 4) is 28.7 Å². The Morgan fingerprint density at radius 3 is 2.71 bits per heavy atom. The zero-order valence-electron chi connectivity index (χ0n) is 19.7. The van der Waals surface area contributed by atoms with E-state index in [2.05, 4.69) is 22.1 Å². The van der Waals surface area contributed by atoms with Crippen molar-refractivity contribution in [2.24, 2.45) is 0 Å². The smallest absolute Gasteiger partial charge is 0.146 e. The number of aliphatic hydroxyl groups is 1. The molecule has 3 aliphatic heterocycles. The zero-order chi connectivity index (χ0) is 24.4. The number of thioether (sulfide) groups is 2. The highest BCUT2D eigenvalue weighted by molar-refractivity contribution is 8.08. The van der Waals surface area contributed by atoms with Crippen LogP contribution in [0.15, 0.2) is 54.9 Å². The van der Waals surface area contributed by atoms with Crippen LogP contribution in [0.1, 0.15) is 25.3 Å². The highest BCUT2D eigenvalue weighted by Crippen LogP contribution is 2.46. The summed E-state index contributed by atoms with van der Waals surface area (Å²) in [5.74, 6) is 6.83. The van der Waals surface area contributed by atoms with Gasteiger partial charge in [-0.2, -0.15) is 0 Å². The molecule has 0 spiro atoms. The predicted octanol–water partition coefficient (Wildman–Crippen LogP) is 4.62. The van der Waals surface area contributed by atoms with Crippen molar-refractivity contribution in [2.45, 2.75) is 47.6 Å². The normalized spacial score (nSPS) is 25.4. The summed E-state index contributed by atoms with van der Waals surface area (Å²) in [5.41, 5.74) is 2.24. The van der Waals surface area contributed by atoms with Crippen LogP contribution in [0.2, 0.25) is 0 Å². The third-order valence-corrected chi connectivity index (χ3v) is 8.65. The Balaban J connectivity index is 1.20. The van der Waals surface area contributed by atoms with E-state index >= 15 is 0 Å². The van der Waals surface area contributed by atoms with Gasteiger partial charge < -0.3 is 24.8 Å². The fourth-order valence-electron chi connectivity index (χ4n) is 4.28. The van der Waals surface area contributed by atoms with Gasteiger partial charge in [-0.15, -0.1) is 23.5 Å². The molecule has 0 bridgehead atoms. The Morgan fingerprint density at radius 1 is 1.23 bits per heavy atom. The van der Waals surface area contributed by atoms with Crippen LogP contribution in [-0.4, -0.2) is 57.3 Å². The molecular formula is C27H29FN2O3S2. The van der Waals surface area contributed by atoms with Crippen LogP contribution < -0.4 is 10.1 Å². The Labute approximate surface area is 214 Å². The Hall–Kier alpha value is -2.31. The summed E-state index contributed by atoms with van der Waals surface area (Å²) in [4.78, 5) is 1.24. The molecule has 4 atom stereocenters. The average Bonchev–Trinajstić information content (AvgIpc) is 3.46. The number of hydrogen-bond acceptors (Lipinski definition) is 7. The standard InChI is InChI=1S/C27H29FN2O3S2/c1-27(31,34-2)26-29-13-14-30(26)25-24(35-25)10-5-18-3-6-19(7-4-18)22-9-8-21(17-23(22)28)33-20-11-15-32-16-12-20/h3-4,6-9,13-14,17,20,24-26,29,31H,11-12,15-16H2,1-2H3. The molecule has 8 heteroatoms. The van der Waals surface area contributed by atoms with E-state index in [0.717, 1.165) is 24.0 Å². The molecule has 3 heterocycles. The van der Waals surface area contributed by atoms with Crippen LogP contribution in [0.3, 0.4) is 0 Å². The van der Waals surface area contributed by atoms with E-state index in [9.17, 15) is 9.50 Å². The van der Waals surface area contributed by atoms with Crippen LogP contribution in [0.5, 0.6) is 5.75 Å². The lowest BCUT2D eigenvalue weighted by atomic mass is 10.0. The van der Waals surface area contributed by atoms with Crippen LogP contribution in [-0.2, 0) is 4.74 Å². The summed E-state index contributed by atoms with van der Waals surface area (Å²) < 4.78 is 26.1. The van der Waals surface area contributed by atoms with Crippen molar-refractivity contribution in [1.82, 2.24) is 10.2 Å². The van der Waals surface area contributed by atoms with Crippen LogP contribution in [0, 0.1) is 17.7 Å². The Bertz CT molecular complexity index is 1140. The summed E-state index contributed by atoms with van der Waals surface area (Å²) in [5, 5.41) is 14.3. The van der Waals surface area contributed by atoms with E-state index in [1.807, 2.05) is 55.9 Å². The lowest BCUT2D eigenvalue weighted by Crippen LogP contribution is -2.52. The second kappa shape index (κ2) is 10.4. The van der Waals surface area contributed by atoms with Gasteiger partial charge in [-0.3, -0.25) is 0 Å². The van der Waals surface area contributed by atoms with Crippen LogP contribution >= 0.6 is 23.5 Å². The van der Waals surface area contributed by atoms with Crippen molar-refractivity contribution in [2.75, 3.05) is 19.5 Å². The fraction of sp³-hybridized carbons (Fsp3) is 0.407. The molecule has 2 aromatic rings. The highest BCUT2D eigenvalue weighted by atomic mass is 32.2. The number of hydrogen-bond donors (Lipinski definition) is 2. The average molecular weight is 513 g/mol. The maximum absolute atomic E-state index is 14.8. The SMILES string of the molecule is CSC(C)(O)C1NC=CN1C1SC1C#Cc1ccc(-c2ccc(OC3CCOCC3)cc2F)cc1. The number of nitrogens with one attached hydrogen (secondary N) is 1. The first-order chi connectivity index (χ1) is 16.9. The molecule has 5 nitrogen and oxygen atoms in total. The van der Waals surface area contributed by atoms with Gasteiger partial charge in [0.05, 0.1) is 18.5 Å². The molecule has 0 aliphatic carbocycles. The molecule has 2 fully saturated rings. The molecule has 3 aliphatic rings. The second-order valence-corrected chi connectivity index (χ2v) is 11.5.